The molecular weight excluding hydrogens is 284 g/mol. The molecule has 0 radical (unpaired) electrons. The van der Waals surface area contributed by atoms with Gasteiger partial charge in [-0.25, -0.2) is 0 Å². The van der Waals surface area contributed by atoms with E-state index < -0.39 is 24.4 Å². The van der Waals surface area contributed by atoms with Crippen molar-refractivity contribution in [3.05, 3.63) is 0 Å². The lowest BCUT2D eigenvalue weighted by molar-refractivity contribution is -0.199. The van der Waals surface area contributed by atoms with Crippen molar-refractivity contribution >= 4 is 0 Å². The Kier molecular flexibility index (Phi) is 11.1. The Morgan fingerprint density at radius 3 is 2.09 bits per heavy atom. The highest BCUT2D eigenvalue weighted by molar-refractivity contribution is 4.86. The third-order valence-electron chi connectivity index (χ3n) is 4.28. The van der Waals surface area contributed by atoms with Crippen LogP contribution in [0.15, 0.2) is 0 Å². The zero-order valence-electron chi connectivity index (χ0n) is 14.0. The SMILES string of the molecule is CCCCCCCCCCCOC[C@@H]1OC[C@@H](O)[C@H](O)[C@H]1O. The molecule has 1 rings (SSSR count). The molecule has 5 heteroatoms. The van der Waals surface area contributed by atoms with Crippen LogP contribution in [0.2, 0.25) is 0 Å². The Balaban J connectivity index is 1.89. The normalized spacial score (nSPS) is 28.9. The van der Waals surface area contributed by atoms with Gasteiger partial charge in [-0.15, -0.1) is 0 Å². The summed E-state index contributed by atoms with van der Waals surface area (Å²) >= 11 is 0. The zero-order chi connectivity index (χ0) is 16.2. The highest BCUT2D eigenvalue weighted by Gasteiger charge is 2.37. The molecule has 0 spiro atoms. The lowest BCUT2D eigenvalue weighted by Crippen LogP contribution is -2.54. The molecule has 0 aromatic carbocycles. The van der Waals surface area contributed by atoms with Gasteiger partial charge in [0.15, 0.2) is 0 Å². The van der Waals surface area contributed by atoms with Gasteiger partial charge in [-0.3, -0.25) is 0 Å². The van der Waals surface area contributed by atoms with Crippen LogP contribution in [-0.2, 0) is 9.47 Å². The van der Waals surface area contributed by atoms with E-state index in [1.807, 2.05) is 0 Å². The van der Waals surface area contributed by atoms with Crippen LogP contribution in [0.4, 0.5) is 0 Å². The maximum atomic E-state index is 9.75. The first-order valence-corrected chi connectivity index (χ1v) is 8.90. The molecule has 3 N–H and O–H groups in total. The average Bonchev–Trinajstić information content (AvgIpc) is 2.52. The van der Waals surface area contributed by atoms with Crippen LogP contribution >= 0.6 is 0 Å². The molecule has 0 saturated carbocycles. The first kappa shape index (κ1) is 19.8. The number of aliphatic hydroxyl groups is 3. The summed E-state index contributed by atoms with van der Waals surface area (Å²) in [6.07, 6.45) is 7.68. The summed E-state index contributed by atoms with van der Waals surface area (Å²) in [4.78, 5) is 0. The minimum atomic E-state index is -1.14. The highest BCUT2D eigenvalue weighted by Crippen LogP contribution is 2.16. The second-order valence-electron chi connectivity index (χ2n) is 6.32. The third-order valence-corrected chi connectivity index (χ3v) is 4.28. The fourth-order valence-corrected chi connectivity index (χ4v) is 2.73. The Morgan fingerprint density at radius 1 is 0.864 bits per heavy atom. The molecule has 1 aliphatic rings. The van der Waals surface area contributed by atoms with Gasteiger partial charge in [-0.2, -0.15) is 0 Å². The molecule has 0 aliphatic carbocycles. The molecule has 4 atom stereocenters. The molecule has 132 valence electrons. The molecule has 0 amide bonds. The first-order valence-electron chi connectivity index (χ1n) is 8.90. The van der Waals surface area contributed by atoms with Crippen LogP contribution < -0.4 is 0 Å². The number of hydrogen-bond donors (Lipinski definition) is 3. The summed E-state index contributed by atoms with van der Waals surface area (Å²) in [5.41, 5.74) is 0. The number of ether oxygens (including phenoxy) is 2. The summed E-state index contributed by atoms with van der Waals surface area (Å²) in [5.74, 6) is 0. The van der Waals surface area contributed by atoms with Crippen LogP contribution in [-0.4, -0.2) is 59.6 Å². The van der Waals surface area contributed by atoms with Crippen molar-refractivity contribution in [2.24, 2.45) is 0 Å². The van der Waals surface area contributed by atoms with Gasteiger partial charge in [0.2, 0.25) is 0 Å². The molecular formula is C17H34O5. The van der Waals surface area contributed by atoms with Gasteiger partial charge in [0.05, 0.1) is 13.2 Å². The van der Waals surface area contributed by atoms with Gasteiger partial charge in [0.1, 0.15) is 24.4 Å². The highest BCUT2D eigenvalue weighted by atomic mass is 16.6. The summed E-state index contributed by atoms with van der Waals surface area (Å²) in [6, 6.07) is 0. The zero-order valence-corrected chi connectivity index (χ0v) is 14.0. The molecule has 1 aliphatic heterocycles. The monoisotopic (exact) mass is 318 g/mol. The van der Waals surface area contributed by atoms with E-state index in [-0.39, 0.29) is 13.2 Å². The molecule has 5 nitrogen and oxygen atoms in total. The van der Waals surface area contributed by atoms with E-state index >= 15 is 0 Å². The van der Waals surface area contributed by atoms with Crippen LogP contribution in [0.25, 0.3) is 0 Å². The molecule has 0 aromatic heterocycles. The van der Waals surface area contributed by atoms with Crippen molar-refractivity contribution in [3.8, 4) is 0 Å². The summed E-state index contributed by atoms with van der Waals surface area (Å²) in [6.45, 7) is 3.20. The fourth-order valence-electron chi connectivity index (χ4n) is 2.73. The van der Waals surface area contributed by atoms with Gasteiger partial charge >= 0.3 is 0 Å². The van der Waals surface area contributed by atoms with Crippen molar-refractivity contribution < 1.29 is 24.8 Å². The van der Waals surface area contributed by atoms with E-state index in [0.29, 0.717) is 6.61 Å². The number of aliphatic hydroxyl groups excluding tert-OH is 3. The lowest BCUT2D eigenvalue weighted by atomic mass is 10.0. The molecule has 1 fully saturated rings. The minimum absolute atomic E-state index is 0.0459. The van der Waals surface area contributed by atoms with Crippen LogP contribution in [0.1, 0.15) is 64.7 Å². The van der Waals surface area contributed by atoms with Gasteiger partial charge < -0.3 is 24.8 Å². The molecule has 1 heterocycles. The van der Waals surface area contributed by atoms with Crippen molar-refractivity contribution in [1.82, 2.24) is 0 Å². The Bertz CT molecular complexity index is 261. The van der Waals surface area contributed by atoms with Crippen LogP contribution in [0.5, 0.6) is 0 Å². The Hall–Kier alpha value is -0.200. The molecule has 1 saturated heterocycles. The second kappa shape index (κ2) is 12.3. The number of rotatable bonds is 12. The molecule has 22 heavy (non-hydrogen) atoms. The Morgan fingerprint density at radius 2 is 1.45 bits per heavy atom. The first-order chi connectivity index (χ1) is 10.7. The van der Waals surface area contributed by atoms with Gasteiger partial charge in [0.25, 0.3) is 0 Å². The predicted molar refractivity (Wildman–Crippen MR) is 85.8 cm³/mol. The summed E-state index contributed by atoms with van der Waals surface area (Å²) in [7, 11) is 0. The lowest BCUT2D eigenvalue weighted by Gasteiger charge is -2.35. The number of unbranched alkanes of at least 4 members (excludes halogenated alkanes) is 8. The number of hydrogen-bond acceptors (Lipinski definition) is 5. The summed E-state index contributed by atoms with van der Waals surface area (Å²) in [5, 5.41) is 28.7. The minimum Gasteiger partial charge on any atom is -0.388 e. The fraction of sp³-hybridized carbons (Fsp3) is 1.00. The van der Waals surface area contributed by atoms with Crippen molar-refractivity contribution in [2.45, 2.75) is 89.1 Å². The van der Waals surface area contributed by atoms with E-state index in [9.17, 15) is 15.3 Å². The standard InChI is InChI=1S/C17H34O5/c1-2-3-4-5-6-7-8-9-10-11-21-13-15-17(20)16(19)14(18)12-22-15/h14-20H,2-13H2,1H3/t14-,15+,16+,17+/m1/s1. The summed E-state index contributed by atoms with van der Waals surface area (Å²) < 4.78 is 10.8. The van der Waals surface area contributed by atoms with E-state index in [1.54, 1.807) is 0 Å². The van der Waals surface area contributed by atoms with Crippen molar-refractivity contribution in [3.63, 3.8) is 0 Å². The van der Waals surface area contributed by atoms with E-state index in [1.165, 1.54) is 51.4 Å². The van der Waals surface area contributed by atoms with Gasteiger partial charge in [-0.05, 0) is 6.42 Å². The third kappa shape index (κ3) is 7.88. The topological polar surface area (TPSA) is 79.2 Å². The average molecular weight is 318 g/mol. The smallest absolute Gasteiger partial charge is 0.111 e. The van der Waals surface area contributed by atoms with E-state index in [4.69, 9.17) is 9.47 Å². The molecule has 0 aromatic rings. The largest absolute Gasteiger partial charge is 0.388 e. The Labute approximate surface area is 134 Å². The van der Waals surface area contributed by atoms with E-state index in [0.717, 1.165) is 6.42 Å². The molecule has 0 bridgehead atoms. The van der Waals surface area contributed by atoms with Crippen molar-refractivity contribution in [1.29, 1.82) is 0 Å². The predicted octanol–water partition coefficient (Wildman–Crippen LogP) is 2.02. The maximum Gasteiger partial charge on any atom is 0.111 e. The van der Waals surface area contributed by atoms with Gasteiger partial charge in [-0.1, -0.05) is 58.3 Å². The van der Waals surface area contributed by atoms with Crippen molar-refractivity contribution in [2.75, 3.05) is 19.8 Å². The van der Waals surface area contributed by atoms with Crippen LogP contribution in [0.3, 0.4) is 0 Å². The second-order valence-corrected chi connectivity index (χ2v) is 6.32. The van der Waals surface area contributed by atoms with E-state index in [2.05, 4.69) is 6.92 Å². The van der Waals surface area contributed by atoms with Crippen LogP contribution in [0, 0.1) is 0 Å². The maximum absolute atomic E-state index is 9.75. The van der Waals surface area contributed by atoms with Gasteiger partial charge in [0, 0.05) is 6.61 Å². The molecule has 0 unspecified atom stereocenters. The quantitative estimate of drug-likeness (QED) is 0.480.